The van der Waals surface area contributed by atoms with E-state index >= 15 is 0 Å². The van der Waals surface area contributed by atoms with Gasteiger partial charge in [0.05, 0.1) is 23.3 Å². The predicted octanol–water partition coefficient (Wildman–Crippen LogP) is 4.01. The Morgan fingerprint density at radius 3 is 2.67 bits per heavy atom. The van der Waals surface area contributed by atoms with Crippen LogP contribution in [0.1, 0.15) is 11.6 Å². The van der Waals surface area contributed by atoms with Crippen molar-refractivity contribution in [2.75, 3.05) is 11.4 Å². The zero-order chi connectivity index (χ0) is 15.0. The van der Waals surface area contributed by atoms with Crippen LogP contribution in [0.15, 0.2) is 47.5 Å². The number of hydrogen-bond acceptors (Lipinski definition) is 3. The van der Waals surface area contributed by atoms with Gasteiger partial charge in [0.2, 0.25) is 0 Å². The van der Waals surface area contributed by atoms with E-state index in [0.717, 1.165) is 0 Å². The maximum absolute atomic E-state index is 14.2. The van der Waals surface area contributed by atoms with Gasteiger partial charge in [-0.25, -0.2) is 4.39 Å². The summed E-state index contributed by atoms with van der Waals surface area (Å²) in [6.07, 6.45) is 0. The van der Waals surface area contributed by atoms with Gasteiger partial charge in [0.15, 0.2) is 5.96 Å². The Balaban J connectivity index is 2.05. The van der Waals surface area contributed by atoms with Crippen molar-refractivity contribution in [3.05, 3.63) is 63.9 Å². The third-order valence-electron chi connectivity index (χ3n) is 3.42. The average Bonchev–Trinajstić information content (AvgIpc) is 2.81. The van der Waals surface area contributed by atoms with Crippen molar-refractivity contribution >= 4 is 34.8 Å². The minimum absolute atomic E-state index is 0.322. The molecule has 2 aromatic rings. The minimum atomic E-state index is -0.380. The molecule has 1 aliphatic rings. The molecule has 3 nitrogen and oxygen atoms in total. The molecule has 6 heteroatoms. The van der Waals surface area contributed by atoms with E-state index in [-0.39, 0.29) is 11.9 Å². The van der Waals surface area contributed by atoms with Gasteiger partial charge in [0.25, 0.3) is 0 Å². The first-order chi connectivity index (χ1) is 10.1. The summed E-state index contributed by atoms with van der Waals surface area (Å²) < 4.78 is 14.2. The molecule has 1 atom stereocenters. The fourth-order valence-electron chi connectivity index (χ4n) is 2.45. The summed E-state index contributed by atoms with van der Waals surface area (Å²) in [7, 11) is 0. The molecule has 0 saturated carbocycles. The standard InChI is InChI=1S/C15H12Cl2FN3/c16-9-5-6-10(12(18)7-9)14-8-20-15(19)21(14)13-4-2-1-3-11(13)17/h1-7,14H,8H2,(H2,19,20). The zero-order valence-electron chi connectivity index (χ0n) is 10.9. The number of aliphatic imine (C=N–C) groups is 1. The molecule has 21 heavy (non-hydrogen) atoms. The van der Waals surface area contributed by atoms with Crippen LogP contribution in [-0.4, -0.2) is 12.5 Å². The molecule has 0 saturated heterocycles. The van der Waals surface area contributed by atoms with Crippen LogP contribution in [-0.2, 0) is 0 Å². The Kier molecular flexibility index (Phi) is 3.74. The van der Waals surface area contributed by atoms with Crippen molar-refractivity contribution in [2.24, 2.45) is 10.7 Å². The Hall–Kier alpha value is -1.78. The summed E-state index contributed by atoms with van der Waals surface area (Å²) in [5.41, 5.74) is 7.15. The molecule has 108 valence electrons. The van der Waals surface area contributed by atoms with Gasteiger partial charge >= 0.3 is 0 Å². The van der Waals surface area contributed by atoms with Gasteiger partial charge in [-0.3, -0.25) is 4.99 Å². The van der Waals surface area contributed by atoms with Crippen LogP contribution in [0.25, 0.3) is 0 Å². The van der Waals surface area contributed by atoms with Crippen LogP contribution in [0.2, 0.25) is 10.0 Å². The van der Waals surface area contributed by atoms with E-state index in [9.17, 15) is 4.39 Å². The largest absolute Gasteiger partial charge is 0.369 e. The summed E-state index contributed by atoms with van der Waals surface area (Å²) in [6.45, 7) is 0.371. The van der Waals surface area contributed by atoms with Gasteiger partial charge in [-0.2, -0.15) is 0 Å². The topological polar surface area (TPSA) is 41.6 Å². The maximum atomic E-state index is 14.2. The van der Waals surface area contributed by atoms with Crippen molar-refractivity contribution in [2.45, 2.75) is 6.04 Å². The lowest BCUT2D eigenvalue weighted by molar-refractivity contribution is 0.589. The first kappa shape index (κ1) is 14.2. The van der Waals surface area contributed by atoms with Gasteiger partial charge in [-0.1, -0.05) is 41.4 Å². The second kappa shape index (κ2) is 5.54. The van der Waals surface area contributed by atoms with Crippen LogP contribution in [0, 0.1) is 5.82 Å². The Labute approximate surface area is 131 Å². The fraction of sp³-hybridized carbons (Fsp3) is 0.133. The molecule has 3 rings (SSSR count). The number of halogens is 3. The first-order valence-corrected chi connectivity index (χ1v) is 7.12. The molecule has 0 spiro atoms. The van der Waals surface area contributed by atoms with E-state index in [0.29, 0.717) is 33.8 Å². The highest BCUT2D eigenvalue weighted by Gasteiger charge is 2.31. The van der Waals surface area contributed by atoms with Gasteiger partial charge in [-0.05, 0) is 24.3 Å². The highest BCUT2D eigenvalue weighted by molar-refractivity contribution is 6.34. The van der Waals surface area contributed by atoms with Crippen LogP contribution in [0.4, 0.5) is 10.1 Å². The molecule has 0 amide bonds. The van der Waals surface area contributed by atoms with Gasteiger partial charge < -0.3 is 10.6 Å². The fourth-order valence-corrected chi connectivity index (χ4v) is 2.83. The number of para-hydroxylation sites is 1. The molecule has 0 aliphatic carbocycles. The zero-order valence-corrected chi connectivity index (χ0v) is 12.4. The summed E-state index contributed by atoms with van der Waals surface area (Å²) in [5, 5.41) is 0.893. The number of benzene rings is 2. The quantitative estimate of drug-likeness (QED) is 0.907. The smallest absolute Gasteiger partial charge is 0.196 e. The van der Waals surface area contributed by atoms with Crippen LogP contribution < -0.4 is 10.6 Å². The monoisotopic (exact) mass is 323 g/mol. The normalized spacial score (nSPS) is 18.0. The molecule has 0 bridgehead atoms. The SMILES string of the molecule is NC1=NCC(c2ccc(Cl)cc2F)N1c1ccccc1Cl. The van der Waals surface area contributed by atoms with E-state index in [1.807, 2.05) is 18.2 Å². The third-order valence-corrected chi connectivity index (χ3v) is 3.97. The lowest BCUT2D eigenvalue weighted by Gasteiger charge is -2.27. The highest BCUT2D eigenvalue weighted by atomic mass is 35.5. The summed E-state index contributed by atoms with van der Waals surface area (Å²) >= 11 is 12.0. The van der Waals surface area contributed by atoms with Crippen molar-refractivity contribution < 1.29 is 4.39 Å². The Morgan fingerprint density at radius 1 is 1.19 bits per heavy atom. The summed E-state index contributed by atoms with van der Waals surface area (Å²) in [6, 6.07) is 11.5. The number of rotatable bonds is 2. The van der Waals surface area contributed by atoms with E-state index in [1.54, 1.807) is 23.1 Å². The van der Waals surface area contributed by atoms with Gasteiger partial charge in [0, 0.05) is 10.6 Å². The van der Waals surface area contributed by atoms with Crippen molar-refractivity contribution in [3.63, 3.8) is 0 Å². The number of guanidine groups is 1. The van der Waals surface area contributed by atoms with Crippen LogP contribution in [0.5, 0.6) is 0 Å². The van der Waals surface area contributed by atoms with Gasteiger partial charge in [-0.15, -0.1) is 0 Å². The van der Waals surface area contributed by atoms with E-state index < -0.39 is 0 Å². The minimum Gasteiger partial charge on any atom is -0.369 e. The molecule has 2 aromatic carbocycles. The molecule has 0 fully saturated rings. The summed E-state index contributed by atoms with van der Waals surface area (Å²) in [4.78, 5) is 5.96. The lowest BCUT2D eigenvalue weighted by Crippen LogP contribution is -2.36. The number of nitrogens with two attached hydrogens (primary N) is 1. The molecule has 1 heterocycles. The van der Waals surface area contributed by atoms with E-state index in [4.69, 9.17) is 28.9 Å². The van der Waals surface area contributed by atoms with Crippen LogP contribution >= 0.6 is 23.2 Å². The summed E-state index contributed by atoms with van der Waals surface area (Å²) in [5.74, 6) is -0.0584. The number of nitrogens with zero attached hydrogens (tertiary/aromatic N) is 2. The molecule has 1 unspecified atom stereocenters. The predicted molar refractivity (Wildman–Crippen MR) is 84.6 cm³/mol. The molecule has 1 aliphatic heterocycles. The van der Waals surface area contributed by atoms with E-state index in [1.165, 1.54) is 6.07 Å². The Bertz CT molecular complexity index is 718. The lowest BCUT2D eigenvalue weighted by atomic mass is 10.0. The first-order valence-electron chi connectivity index (χ1n) is 6.36. The second-order valence-electron chi connectivity index (χ2n) is 4.70. The second-order valence-corrected chi connectivity index (χ2v) is 5.55. The molecule has 0 radical (unpaired) electrons. The number of anilines is 1. The van der Waals surface area contributed by atoms with Crippen molar-refractivity contribution in [1.82, 2.24) is 0 Å². The van der Waals surface area contributed by atoms with Crippen molar-refractivity contribution in [1.29, 1.82) is 0 Å². The Morgan fingerprint density at radius 2 is 1.95 bits per heavy atom. The maximum Gasteiger partial charge on any atom is 0.196 e. The number of hydrogen-bond donors (Lipinski definition) is 1. The molecule has 2 N–H and O–H groups in total. The van der Waals surface area contributed by atoms with E-state index in [2.05, 4.69) is 4.99 Å². The van der Waals surface area contributed by atoms with Crippen molar-refractivity contribution in [3.8, 4) is 0 Å². The molecule has 0 aromatic heterocycles. The third kappa shape index (κ3) is 2.57. The highest BCUT2D eigenvalue weighted by Crippen LogP contribution is 2.36. The average molecular weight is 324 g/mol. The molecular formula is C15H12Cl2FN3. The van der Waals surface area contributed by atoms with Gasteiger partial charge in [0.1, 0.15) is 5.82 Å². The molecular weight excluding hydrogens is 312 g/mol. The van der Waals surface area contributed by atoms with Crippen LogP contribution in [0.3, 0.4) is 0 Å².